The molecule has 2 aliphatic rings. The van der Waals surface area contributed by atoms with Crippen LogP contribution < -0.4 is 5.32 Å². The Morgan fingerprint density at radius 1 is 1.25 bits per heavy atom. The van der Waals surface area contributed by atoms with Crippen molar-refractivity contribution in [2.45, 2.75) is 37.6 Å². The van der Waals surface area contributed by atoms with Crippen LogP contribution in [0.5, 0.6) is 0 Å². The van der Waals surface area contributed by atoms with E-state index in [4.69, 9.17) is 11.6 Å². The number of piperidine rings is 1. The minimum Gasteiger partial charge on any atom is -0.313 e. The third kappa shape index (κ3) is 1.96. The zero-order chi connectivity index (χ0) is 11.0. The predicted molar refractivity (Wildman–Crippen MR) is 65.7 cm³/mol. The van der Waals surface area contributed by atoms with Gasteiger partial charge in [-0.2, -0.15) is 0 Å². The fourth-order valence-electron chi connectivity index (χ4n) is 3.22. The Labute approximate surface area is 101 Å². The summed E-state index contributed by atoms with van der Waals surface area (Å²) in [6.07, 6.45) is 7.33. The average Bonchev–Trinajstić information content (AvgIpc) is 2.31. The van der Waals surface area contributed by atoms with Gasteiger partial charge in [0.05, 0.1) is 0 Å². The molecule has 2 bridgehead atoms. The van der Waals surface area contributed by atoms with Gasteiger partial charge < -0.3 is 5.32 Å². The minimum atomic E-state index is 0.592. The normalized spacial score (nSPS) is 33.7. The van der Waals surface area contributed by atoms with Gasteiger partial charge in [-0.05, 0) is 49.8 Å². The van der Waals surface area contributed by atoms with E-state index < -0.39 is 0 Å². The second-order valence-corrected chi connectivity index (χ2v) is 5.44. The van der Waals surface area contributed by atoms with Gasteiger partial charge in [0.1, 0.15) is 5.15 Å². The molecule has 1 aliphatic heterocycles. The van der Waals surface area contributed by atoms with E-state index in [1.165, 1.54) is 37.8 Å². The van der Waals surface area contributed by atoms with Crippen LogP contribution in [0.2, 0.25) is 5.15 Å². The lowest BCUT2D eigenvalue weighted by Gasteiger charge is -2.41. The second-order valence-electron chi connectivity index (χ2n) is 5.05. The highest BCUT2D eigenvalue weighted by Crippen LogP contribution is 2.39. The summed E-state index contributed by atoms with van der Waals surface area (Å²) in [5.74, 6) is 1.60. The van der Waals surface area contributed by atoms with E-state index in [2.05, 4.69) is 16.4 Å². The summed E-state index contributed by atoms with van der Waals surface area (Å²) in [5.41, 5.74) is 1.35. The molecule has 1 aromatic rings. The fraction of sp³-hybridized carbons (Fsp3) is 0.615. The lowest BCUT2D eigenvalue weighted by Crippen LogP contribution is -2.45. The molecule has 1 aliphatic carbocycles. The Bertz CT molecular complexity index is 363. The first-order valence-electron chi connectivity index (χ1n) is 6.18. The first-order valence-corrected chi connectivity index (χ1v) is 6.55. The van der Waals surface area contributed by atoms with Crippen LogP contribution in [0, 0.1) is 5.92 Å². The molecule has 2 nitrogen and oxygen atoms in total. The predicted octanol–water partition coefficient (Wildman–Crippen LogP) is 2.98. The van der Waals surface area contributed by atoms with E-state index in [1.54, 1.807) is 0 Å². The molecular formula is C13H17ClN2. The van der Waals surface area contributed by atoms with E-state index in [-0.39, 0.29) is 0 Å². The number of nitrogens with zero attached hydrogens (tertiary/aromatic N) is 1. The molecule has 16 heavy (non-hydrogen) atoms. The van der Waals surface area contributed by atoms with Crippen LogP contribution >= 0.6 is 11.6 Å². The van der Waals surface area contributed by atoms with E-state index in [1.807, 2.05) is 12.3 Å². The summed E-state index contributed by atoms with van der Waals surface area (Å²) in [5, 5.41) is 4.24. The Morgan fingerprint density at radius 3 is 3.00 bits per heavy atom. The topological polar surface area (TPSA) is 24.9 Å². The molecule has 3 atom stereocenters. The number of rotatable bonds is 1. The van der Waals surface area contributed by atoms with Crippen molar-refractivity contribution in [3.05, 3.63) is 29.0 Å². The number of hydrogen-bond donors (Lipinski definition) is 1. The van der Waals surface area contributed by atoms with Gasteiger partial charge in [-0.1, -0.05) is 17.7 Å². The Hall–Kier alpha value is -0.600. The van der Waals surface area contributed by atoms with Crippen LogP contribution in [0.1, 0.15) is 37.2 Å². The van der Waals surface area contributed by atoms with Crippen molar-refractivity contribution in [2.24, 2.45) is 5.92 Å². The van der Waals surface area contributed by atoms with Gasteiger partial charge in [-0.15, -0.1) is 0 Å². The van der Waals surface area contributed by atoms with Gasteiger partial charge in [0.25, 0.3) is 0 Å². The number of aromatic nitrogens is 1. The molecule has 0 spiro atoms. The van der Waals surface area contributed by atoms with Crippen LogP contribution in [-0.4, -0.2) is 17.6 Å². The second kappa shape index (κ2) is 4.34. The number of pyridine rings is 1. The zero-order valence-corrected chi connectivity index (χ0v) is 10.1. The van der Waals surface area contributed by atoms with Gasteiger partial charge in [-0.3, -0.25) is 0 Å². The lowest BCUT2D eigenvalue weighted by molar-refractivity contribution is 0.198. The van der Waals surface area contributed by atoms with Crippen LogP contribution in [0.3, 0.4) is 0 Å². The van der Waals surface area contributed by atoms with Gasteiger partial charge in [0.2, 0.25) is 0 Å². The van der Waals surface area contributed by atoms with Crippen molar-refractivity contribution >= 4 is 11.6 Å². The molecule has 2 fully saturated rings. The van der Waals surface area contributed by atoms with Gasteiger partial charge in [0.15, 0.2) is 0 Å². The SMILES string of the molecule is Clc1ccc(C2CCC3CCNC2C3)cn1. The minimum absolute atomic E-state index is 0.592. The molecule has 3 rings (SSSR count). The summed E-state index contributed by atoms with van der Waals surface area (Å²) in [6.45, 7) is 1.19. The monoisotopic (exact) mass is 236 g/mol. The molecule has 0 aromatic carbocycles. The highest BCUT2D eigenvalue weighted by Gasteiger charge is 2.33. The summed E-state index contributed by atoms with van der Waals surface area (Å²) in [7, 11) is 0. The number of halogens is 1. The van der Waals surface area contributed by atoms with Gasteiger partial charge in [-0.25, -0.2) is 4.98 Å². The zero-order valence-electron chi connectivity index (χ0n) is 9.32. The molecule has 0 amide bonds. The van der Waals surface area contributed by atoms with Crippen molar-refractivity contribution < 1.29 is 0 Å². The summed E-state index contributed by atoms with van der Waals surface area (Å²) in [6, 6.07) is 4.71. The Kier molecular flexibility index (Phi) is 2.86. The van der Waals surface area contributed by atoms with E-state index >= 15 is 0 Å². The maximum absolute atomic E-state index is 5.83. The van der Waals surface area contributed by atoms with E-state index in [0.717, 1.165) is 5.92 Å². The molecule has 0 radical (unpaired) electrons. The molecule has 3 heteroatoms. The number of hydrogen-bond acceptors (Lipinski definition) is 2. The van der Waals surface area contributed by atoms with Crippen LogP contribution in [-0.2, 0) is 0 Å². The number of nitrogens with one attached hydrogen (secondary N) is 1. The lowest BCUT2D eigenvalue weighted by atomic mass is 9.72. The highest BCUT2D eigenvalue weighted by atomic mass is 35.5. The largest absolute Gasteiger partial charge is 0.313 e. The molecule has 1 aromatic heterocycles. The maximum atomic E-state index is 5.83. The van der Waals surface area contributed by atoms with Crippen molar-refractivity contribution in [1.82, 2.24) is 10.3 Å². The summed E-state index contributed by atoms with van der Waals surface area (Å²) >= 11 is 5.83. The summed E-state index contributed by atoms with van der Waals surface area (Å²) < 4.78 is 0. The highest BCUT2D eigenvalue weighted by molar-refractivity contribution is 6.29. The molecular weight excluding hydrogens is 220 g/mol. The average molecular weight is 237 g/mol. The van der Waals surface area contributed by atoms with Gasteiger partial charge >= 0.3 is 0 Å². The molecule has 86 valence electrons. The van der Waals surface area contributed by atoms with E-state index in [9.17, 15) is 0 Å². The van der Waals surface area contributed by atoms with Crippen molar-refractivity contribution in [3.63, 3.8) is 0 Å². The quantitative estimate of drug-likeness (QED) is 0.759. The smallest absolute Gasteiger partial charge is 0.129 e. The standard InChI is InChI=1S/C13H17ClN2/c14-13-4-2-10(8-16-13)11-3-1-9-5-6-15-12(11)7-9/h2,4,8-9,11-12,15H,1,3,5-7H2. The van der Waals surface area contributed by atoms with E-state index in [0.29, 0.717) is 17.1 Å². The molecule has 1 N–H and O–H groups in total. The first-order chi connectivity index (χ1) is 7.83. The van der Waals surface area contributed by atoms with Crippen molar-refractivity contribution in [2.75, 3.05) is 6.54 Å². The van der Waals surface area contributed by atoms with Crippen LogP contribution in [0.4, 0.5) is 0 Å². The maximum Gasteiger partial charge on any atom is 0.129 e. The number of fused-ring (bicyclic) bond motifs is 2. The Morgan fingerprint density at radius 2 is 2.19 bits per heavy atom. The van der Waals surface area contributed by atoms with Crippen molar-refractivity contribution in [1.29, 1.82) is 0 Å². The molecule has 3 unspecified atom stereocenters. The molecule has 2 heterocycles. The van der Waals surface area contributed by atoms with Gasteiger partial charge in [0, 0.05) is 18.2 Å². The van der Waals surface area contributed by atoms with Crippen LogP contribution in [0.25, 0.3) is 0 Å². The Balaban J connectivity index is 1.81. The van der Waals surface area contributed by atoms with Crippen LogP contribution in [0.15, 0.2) is 18.3 Å². The van der Waals surface area contributed by atoms with Crippen molar-refractivity contribution in [3.8, 4) is 0 Å². The first kappa shape index (κ1) is 10.5. The molecule has 1 saturated heterocycles. The summed E-state index contributed by atoms with van der Waals surface area (Å²) in [4.78, 5) is 4.20. The molecule has 1 saturated carbocycles. The third-order valence-electron chi connectivity index (χ3n) is 4.10. The third-order valence-corrected chi connectivity index (χ3v) is 4.32. The fourth-order valence-corrected chi connectivity index (χ4v) is 3.34.